The summed E-state index contributed by atoms with van der Waals surface area (Å²) in [6.07, 6.45) is 1.58. The zero-order valence-corrected chi connectivity index (χ0v) is 16.7. The standard InChI is InChI=1S/C20H26F3N5O2/c21-20(22,23)15-5-6-16(24-13-15)27-10-4-9-26(11-12-27)14-28-17(29)19(25-18(28)30)7-2-1-3-8-19/h5-6,13H,1-4,7-12,14H2,(H,25,30). The van der Waals surface area contributed by atoms with E-state index in [0.717, 1.165) is 37.9 Å². The molecular weight excluding hydrogens is 399 g/mol. The molecule has 4 rings (SSSR count). The molecule has 2 aliphatic heterocycles. The van der Waals surface area contributed by atoms with E-state index in [1.807, 2.05) is 9.80 Å². The van der Waals surface area contributed by atoms with Crippen LogP contribution in [0.3, 0.4) is 0 Å². The molecular formula is C20H26F3N5O2. The molecule has 7 nitrogen and oxygen atoms in total. The maximum Gasteiger partial charge on any atom is 0.417 e. The highest BCUT2D eigenvalue weighted by Gasteiger charge is 2.51. The Labute approximate surface area is 173 Å². The Hall–Kier alpha value is -2.36. The number of hydrogen-bond donors (Lipinski definition) is 1. The molecule has 10 heteroatoms. The lowest BCUT2D eigenvalue weighted by Crippen LogP contribution is -2.49. The number of nitrogens with one attached hydrogen (secondary N) is 1. The topological polar surface area (TPSA) is 68.8 Å². The number of aromatic nitrogens is 1. The molecule has 3 heterocycles. The van der Waals surface area contributed by atoms with Gasteiger partial charge in [0.2, 0.25) is 0 Å². The minimum Gasteiger partial charge on any atom is -0.355 e. The van der Waals surface area contributed by atoms with Crippen molar-refractivity contribution in [3.63, 3.8) is 0 Å². The van der Waals surface area contributed by atoms with Crippen molar-refractivity contribution in [1.82, 2.24) is 20.1 Å². The summed E-state index contributed by atoms with van der Waals surface area (Å²) in [6, 6.07) is 2.11. The van der Waals surface area contributed by atoms with Gasteiger partial charge in [-0.15, -0.1) is 0 Å². The highest BCUT2D eigenvalue weighted by molar-refractivity contribution is 6.07. The molecule has 1 N–H and O–H groups in total. The number of halogens is 3. The first-order chi connectivity index (χ1) is 14.3. The second-order valence-electron chi connectivity index (χ2n) is 8.31. The SMILES string of the molecule is O=C1NC2(CCCCC2)C(=O)N1CN1CCCN(c2ccc(C(F)(F)F)cn2)CC1. The molecule has 0 radical (unpaired) electrons. The number of rotatable bonds is 3. The number of carbonyl (C=O) groups is 2. The van der Waals surface area contributed by atoms with Gasteiger partial charge in [-0.05, 0) is 31.4 Å². The van der Waals surface area contributed by atoms with Gasteiger partial charge in [0, 0.05) is 32.4 Å². The molecule has 3 amide bonds. The smallest absolute Gasteiger partial charge is 0.355 e. The Morgan fingerprint density at radius 3 is 2.43 bits per heavy atom. The minimum absolute atomic E-state index is 0.127. The van der Waals surface area contributed by atoms with E-state index in [2.05, 4.69) is 10.3 Å². The zero-order valence-electron chi connectivity index (χ0n) is 16.7. The van der Waals surface area contributed by atoms with Crippen LogP contribution in [0.25, 0.3) is 0 Å². The number of anilines is 1. The Bertz CT molecular complexity index is 793. The third-order valence-electron chi connectivity index (χ3n) is 6.28. The van der Waals surface area contributed by atoms with Gasteiger partial charge in [0.25, 0.3) is 5.91 Å². The normalized spacial score (nSPS) is 23.0. The molecule has 1 aromatic rings. The highest BCUT2D eigenvalue weighted by atomic mass is 19.4. The van der Waals surface area contributed by atoms with Crippen LogP contribution in [0.15, 0.2) is 18.3 Å². The lowest BCUT2D eigenvalue weighted by Gasteiger charge is -2.31. The molecule has 3 aliphatic rings. The van der Waals surface area contributed by atoms with Gasteiger partial charge < -0.3 is 10.2 Å². The lowest BCUT2D eigenvalue weighted by molar-refractivity contribution is -0.138. The first-order valence-corrected chi connectivity index (χ1v) is 10.4. The van der Waals surface area contributed by atoms with Crippen LogP contribution in [0, 0.1) is 0 Å². The van der Waals surface area contributed by atoms with Gasteiger partial charge >= 0.3 is 12.2 Å². The Morgan fingerprint density at radius 2 is 1.77 bits per heavy atom. The molecule has 2 saturated heterocycles. The number of hydrogen-bond acceptors (Lipinski definition) is 5. The molecule has 1 aliphatic carbocycles. The molecule has 1 aromatic heterocycles. The van der Waals surface area contributed by atoms with Gasteiger partial charge in [-0.1, -0.05) is 19.3 Å². The lowest BCUT2D eigenvalue weighted by atomic mass is 9.82. The average molecular weight is 425 g/mol. The van der Waals surface area contributed by atoms with E-state index in [-0.39, 0.29) is 18.6 Å². The second-order valence-corrected chi connectivity index (χ2v) is 8.31. The summed E-state index contributed by atoms with van der Waals surface area (Å²) < 4.78 is 38.2. The third kappa shape index (κ3) is 4.10. The quantitative estimate of drug-likeness (QED) is 0.755. The fourth-order valence-electron chi connectivity index (χ4n) is 4.58. The summed E-state index contributed by atoms with van der Waals surface area (Å²) in [5.41, 5.74) is -1.49. The van der Waals surface area contributed by atoms with Gasteiger partial charge in [-0.3, -0.25) is 9.69 Å². The van der Waals surface area contributed by atoms with Crippen LogP contribution in [0.4, 0.5) is 23.8 Å². The summed E-state index contributed by atoms with van der Waals surface area (Å²) >= 11 is 0. The zero-order chi connectivity index (χ0) is 21.4. The first kappa shape index (κ1) is 20.9. The molecule has 0 unspecified atom stereocenters. The summed E-state index contributed by atoms with van der Waals surface area (Å²) in [4.78, 5) is 34.7. The average Bonchev–Trinajstić information content (AvgIpc) is 2.88. The van der Waals surface area contributed by atoms with Crippen molar-refractivity contribution in [2.45, 2.75) is 50.2 Å². The third-order valence-corrected chi connectivity index (χ3v) is 6.28. The van der Waals surface area contributed by atoms with E-state index in [1.54, 1.807) is 0 Å². The molecule has 164 valence electrons. The largest absolute Gasteiger partial charge is 0.417 e. The predicted molar refractivity (Wildman–Crippen MR) is 104 cm³/mol. The monoisotopic (exact) mass is 425 g/mol. The van der Waals surface area contributed by atoms with E-state index in [4.69, 9.17) is 0 Å². The van der Waals surface area contributed by atoms with Crippen LogP contribution in [0.2, 0.25) is 0 Å². The van der Waals surface area contributed by atoms with Crippen molar-refractivity contribution in [2.24, 2.45) is 0 Å². The molecule has 1 saturated carbocycles. The van der Waals surface area contributed by atoms with Gasteiger partial charge in [0.15, 0.2) is 0 Å². The van der Waals surface area contributed by atoms with Crippen molar-refractivity contribution in [1.29, 1.82) is 0 Å². The molecule has 3 fully saturated rings. The number of nitrogens with zero attached hydrogens (tertiary/aromatic N) is 4. The summed E-state index contributed by atoms with van der Waals surface area (Å²) in [5, 5.41) is 2.92. The Kier molecular flexibility index (Phi) is 5.61. The van der Waals surface area contributed by atoms with Crippen molar-refractivity contribution >= 4 is 17.8 Å². The predicted octanol–water partition coefficient (Wildman–Crippen LogP) is 2.82. The molecule has 0 aromatic carbocycles. The molecule has 1 spiro atoms. The number of carbonyl (C=O) groups excluding carboxylic acids is 2. The van der Waals surface area contributed by atoms with Crippen molar-refractivity contribution in [2.75, 3.05) is 37.7 Å². The minimum atomic E-state index is -4.40. The number of amides is 3. The van der Waals surface area contributed by atoms with Crippen LogP contribution < -0.4 is 10.2 Å². The fourth-order valence-corrected chi connectivity index (χ4v) is 4.58. The van der Waals surface area contributed by atoms with E-state index >= 15 is 0 Å². The van der Waals surface area contributed by atoms with Crippen LogP contribution in [0.5, 0.6) is 0 Å². The van der Waals surface area contributed by atoms with Gasteiger partial charge in [-0.2, -0.15) is 13.2 Å². The number of urea groups is 1. The van der Waals surface area contributed by atoms with Gasteiger partial charge in [0.1, 0.15) is 11.4 Å². The maximum atomic E-state index is 13.0. The Balaban J connectivity index is 1.37. The van der Waals surface area contributed by atoms with Gasteiger partial charge in [-0.25, -0.2) is 14.7 Å². The molecule has 0 bridgehead atoms. The van der Waals surface area contributed by atoms with Crippen LogP contribution in [-0.2, 0) is 11.0 Å². The van der Waals surface area contributed by atoms with E-state index in [1.165, 1.54) is 11.0 Å². The number of alkyl halides is 3. The van der Waals surface area contributed by atoms with Crippen molar-refractivity contribution < 1.29 is 22.8 Å². The van der Waals surface area contributed by atoms with E-state index in [0.29, 0.717) is 44.8 Å². The summed E-state index contributed by atoms with van der Waals surface area (Å²) in [7, 11) is 0. The molecule has 0 atom stereocenters. The summed E-state index contributed by atoms with van der Waals surface area (Å²) in [5.74, 6) is 0.374. The summed E-state index contributed by atoms with van der Waals surface area (Å²) in [6.45, 7) is 2.74. The van der Waals surface area contributed by atoms with Crippen LogP contribution in [0.1, 0.15) is 44.1 Å². The number of imide groups is 1. The number of pyridine rings is 1. The van der Waals surface area contributed by atoms with E-state index in [9.17, 15) is 22.8 Å². The van der Waals surface area contributed by atoms with Crippen LogP contribution in [-0.4, -0.2) is 65.1 Å². The van der Waals surface area contributed by atoms with Gasteiger partial charge in [0.05, 0.1) is 12.2 Å². The second kappa shape index (κ2) is 8.05. The van der Waals surface area contributed by atoms with Crippen molar-refractivity contribution in [3.8, 4) is 0 Å². The van der Waals surface area contributed by atoms with Crippen LogP contribution >= 0.6 is 0 Å². The maximum absolute atomic E-state index is 13.0. The highest BCUT2D eigenvalue weighted by Crippen LogP contribution is 2.34. The Morgan fingerprint density at radius 1 is 1.00 bits per heavy atom. The van der Waals surface area contributed by atoms with E-state index < -0.39 is 17.3 Å². The fraction of sp³-hybridized carbons (Fsp3) is 0.650. The molecule has 30 heavy (non-hydrogen) atoms. The van der Waals surface area contributed by atoms with Crippen molar-refractivity contribution in [3.05, 3.63) is 23.9 Å². The first-order valence-electron chi connectivity index (χ1n) is 10.4.